The average Bonchev–Trinajstić information content (AvgIpc) is 3.54. The Morgan fingerprint density at radius 1 is 0.420 bits per heavy atom. The van der Waals surface area contributed by atoms with Gasteiger partial charge in [0.25, 0.3) is 0 Å². The predicted octanol–water partition coefficient (Wildman–Crippen LogP) is 9.46. The number of aromatic nitrogens is 6. The summed E-state index contributed by atoms with van der Waals surface area (Å²) in [5, 5.41) is 0. The molecule has 4 aromatic heterocycles. The summed E-state index contributed by atoms with van der Waals surface area (Å²) < 4.78 is 2.33. The zero-order valence-electron chi connectivity index (χ0n) is 26.8. The van der Waals surface area contributed by atoms with Gasteiger partial charge in [0, 0.05) is 29.1 Å². The van der Waals surface area contributed by atoms with Crippen LogP contribution < -0.4 is 0 Å². The van der Waals surface area contributed by atoms with Crippen LogP contribution in [-0.4, -0.2) is 29.5 Å². The van der Waals surface area contributed by atoms with Crippen molar-refractivity contribution in [3.63, 3.8) is 0 Å². The highest BCUT2D eigenvalue weighted by Crippen LogP contribution is 2.54. The van der Waals surface area contributed by atoms with E-state index in [-0.39, 0.29) is 0 Å². The van der Waals surface area contributed by atoms with Crippen molar-refractivity contribution in [2.75, 3.05) is 0 Å². The van der Waals surface area contributed by atoms with E-state index < -0.39 is 5.41 Å². The highest BCUT2D eigenvalue weighted by molar-refractivity contribution is 6.08. The molecular weight excluding hydrogens is 613 g/mol. The molecule has 6 nitrogen and oxygen atoms in total. The minimum absolute atomic E-state index is 0.611. The molecule has 0 spiro atoms. The van der Waals surface area contributed by atoms with Crippen LogP contribution in [0.5, 0.6) is 0 Å². The largest absolute Gasteiger partial charge is 0.305 e. The second-order valence-electron chi connectivity index (χ2n) is 12.5. The van der Waals surface area contributed by atoms with Crippen molar-refractivity contribution in [1.82, 2.24) is 29.5 Å². The molecule has 0 radical (unpaired) electrons. The first-order chi connectivity index (χ1) is 24.8. The molecule has 9 aromatic rings. The van der Waals surface area contributed by atoms with Crippen molar-refractivity contribution in [2.24, 2.45) is 0 Å². The Morgan fingerprint density at radius 3 is 1.56 bits per heavy atom. The van der Waals surface area contributed by atoms with E-state index in [0.717, 1.165) is 66.7 Å². The minimum Gasteiger partial charge on any atom is -0.305 e. The molecule has 0 saturated carbocycles. The summed E-state index contributed by atoms with van der Waals surface area (Å²) in [6, 6.07) is 54.7. The topological polar surface area (TPSA) is 69.4 Å². The van der Waals surface area contributed by atoms with Crippen molar-refractivity contribution in [3.05, 3.63) is 192 Å². The second kappa shape index (κ2) is 11.1. The van der Waals surface area contributed by atoms with E-state index in [2.05, 4.69) is 95.6 Å². The van der Waals surface area contributed by atoms with E-state index >= 15 is 0 Å². The lowest BCUT2D eigenvalue weighted by Crippen LogP contribution is -2.35. The van der Waals surface area contributed by atoms with Gasteiger partial charge in [-0.25, -0.2) is 15.0 Å². The fraction of sp³-hybridized carbons (Fsp3) is 0.0227. The van der Waals surface area contributed by atoms with Crippen molar-refractivity contribution < 1.29 is 0 Å². The monoisotopic (exact) mass is 640 g/mol. The molecule has 6 heteroatoms. The molecule has 10 rings (SSSR count). The smallest absolute Gasteiger partial charge is 0.164 e. The molecule has 0 amide bonds. The summed E-state index contributed by atoms with van der Waals surface area (Å²) in [6.45, 7) is 0. The lowest BCUT2D eigenvalue weighted by atomic mass is 9.63. The van der Waals surface area contributed by atoms with Crippen LogP contribution in [0.15, 0.2) is 170 Å². The minimum atomic E-state index is -0.684. The molecule has 0 bridgehead atoms. The van der Waals surface area contributed by atoms with Crippen LogP contribution in [0.4, 0.5) is 0 Å². The van der Waals surface area contributed by atoms with Gasteiger partial charge >= 0.3 is 0 Å². The van der Waals surface area contributed by atoms with Gasteiger partial charge in [-0.1, -0.05) is 121 Å². The average molecular weight is 641 g/mol. The van der Waals surface area contributed by atoms with Gasteiger partial charge in [0.2, 0.25) is 0 Å². The Kier molecular flexibility index (Phi) is 6.29. The molecule has 5 heterocycles. The van der Waals surface area contributed by atoms with E-state index in [9.17, 15) is 0 Å². The molecule has 5 aromatic carbocycles. The summed E-state index contributed by atoms with van der Waals surface area (Å²) in [4.78, 5) is 25.0. The van der Waals surface area contributed by atoms with Gasteiger partial charge in [-0.3, -0.25) is 9.97 Å². The quantitative estimate of drug-likeness (QED) is 0.187. The fourth-order valence-corrected chi connectivity index (χ4v) is 7.70. The molecule has 1 aliphatic heterocycles. The van der Waals surface area contributed by atoms with E-state index in [1.807, 2.05) is 79.1 Å². The lowest BCUT2D eigenvalue weighted by Gasteiger charge is -2.41. The van der Waals surface area contributed by atoms with Gasteiger partial charge in [0.15, 0.2) is 17.5 Å². The molecule has 0 N–H and O–H groups in total. The third kappa shape index (κ3) is 4.12. The highest BCUT2D eigenvalue weighted by Gasteiger charge is 2.45. The normalized spacial score (nSPS) is 13.0. The SMILES string of the molecule is c1ccc(-c2nc(-c3ccccc3)nc(-c3ccc4c(c3)C(c3ccccc3)(c3ccccc3)c3ccnc5c6ncccc6n-4c35)n2)cc1. The molecule has 0 fully saturated rings. The van der Waals surface area contributed by atoms with Crippen molar-refractivity contribution >= 4 is 22.1 Å². The first-order valence-electron chi connectivity index (χ1n) is 16.7. The Bertz CT molecular complexity index is 2590. The summed E-state index contributed by atoms with van der Waals surface area (Å²) in [7, 11) is 0. The summed E-state index contributed by atoms with van der Waals surface area (Å²) >= 11 is 0. The lowest BCUT2D eigenvalue weighted by molar-refractivity contribution is 0.726. The van der Waals surface area contributed by atoms with E-state index in [1.54, 1.807) is 0 Å². The van der Waals surface area contributed by atoms with Crippen LogP contribution in [0, 0.1) is 0 Å². The molecular formula is C44H28N6. The molecule has 0 saturated heterocycles. The van der Waals surface area contributed by atoms with E-state index in [1.165, 1.54) is 0 Å². The summed E-state index contributed by atoms with van der Waals surface area (Å²) in [6.07, 6.45) is 3.77. The zero-order chi connectivity index (χ0) is 33.1. The number of hydrogen-bond acceptors (Lipinski definition) is 5. The van der Waals surface area contributed by atoms with Gasteiger partial charge in [0.1, 0.15) is 11.0 Å². The van der Waals surface area contributed by atoms with Gasteiger partial charge < -0.3 is 4.57 Å². The first kappa shape index (κ1) is 28.2. The predicted molar refractivity (Wildman–Crippen MR) is 198 cm³/mol. The highest BCUT2D eigenvalue weighted by atomic mass is 15.1. The summed E-state index contributed by atoms with van der Waals surface area (Å²) in [5.74, 6) is 1.87. The molecule has 0 unspecified atom stereocenters. The maximum Gasteiger partial charge on any atom is 0.164 e. The molecule has 234 valence electrons. The maximum atomic E-state index is 5.12. The third-order valence-corrected chi connectivity index (χ3v) is 9.82. The van der Waals surface area contributed by atoms with Crippen LogP contribution in [0.2, 0.25) is 0 Å². The number of hydrogen-bond donors (Lipinski definition) is 0. The standard InChI is InChI=1S/C44H28N6/c1-5-14-29(15-6-1)41-47-42(30-16-7-2-8-17-30)49-43(48-41)31-23-24-36-35(28-31)44(32-18-9-3-10-19-32,33-20-11-4-12-21-33)34-25-27-46-39-38-37(22-13-26-45-38)50(36)40(34)39/h1-28H. The van der Waals surface area contributed by atoms with Crippen LogP contribution in [0.25, 0.3) is 61.9 Å². The second-order valence-corrected chi connectivity index (χ2v) is 12.5. The van der Waals surface area contributed by atoms with Crippen molar-refractivity contribution in [1.29, 1.82) is 0 Å². The Morgan fingerprint density at radius 2 is 0.960 bits per heavy atom. The van der Waals surface area contributed by atoms with Gasteiger partial charge in [0.05, 0.1) is 22.1 Å². The van der Waals surface area contributed by atoms with Crippen molar-refractivity contribution in [2.45, 2.75) is 5.41 Å². The zero-order valence-corrected chi connectivity index (χ0v) is 26.8. The Balaban J connectivity index is 1.33. The molecule has 0 aliphatic carbocycles. The van der Waals surface area contributed by atoms with E-state index in [0.29, 0.717) is 17.5 Å². The number of fused-ring (bicyclic) bond motifs is 5. The maximum absolute atomic E-state index is 5.12. The van der Waals surface area contributed by atoms with Gasteiger partial charge in [-0.15, -0.1) is 0 Å². The molecule has 0 atom stereocenters. The number of nitrogens with zero attached hydrogens (tertiary/aromatic N) is 6. The third-order valence-electron chi connectivity index (χ3n) is 9.82. The van der Waals surface area contributed by atoms with Gasteiger partial charge in [-0.05, 0) is 58.7 Å². The first-order valence-corrected chi connectivity index (χ1v) is 16.7. The van der Waals surface area contributed by atoms with Crippen LogP contribution in [0.1, 0.15) is 22.3 Å². The fourth-order valence-electron chi connectivity index (χ4n) is 7.70. The van der Waals surface area contributed by atoms with Crippen LogP contribution in [0.3, 0.4) is 0 Å². The van der Waals surface area contributed by atoms with Crippen LogP contribution in [-0.2, 0) is 5.41 Å². The molecule has 1 aliphatic rings. The van der Waals surface area contributed by atoms with Crippen LogP contribution >= 0.6 is 0 Å². The van der Waals surface area contributed by atoms with Crippen molar-refractivity contribution in [3.8, 4) is 39.9 Å². The number of benzene rings is 5. The molecule has 50 heavy (non-hydrogen) atoms. The van der Waals surface area contributed by atoms with E-state index in [4.69, 9.17) is 24.9 Å². The summed E-state index contributed by atoms with van der Waals surface area (Å²) in [5.41, 5.74) is 11.6. The number of rotatable bonds is 5. The number of pyridine rings is 2. The Hall–Kier alpha value is -6.79. The van der Waals surface area contributed by atoms with Gasteiger partial charge in [-0.2, -0.15) is 0 Å². The Labute approximate surface area is 288 Å².